The van der Waals surface area contributed by atoms with Gasteiger partial charge < -0.3 is 14.6 Å². The molecule has 2 aromatic rings. The summed E-state index contributed by atoms with van der Waals surface area (Å²) in [5.74, 6) is -0.0356. The molecule has 0 amide bonds. The van der Waals surface area contributed by atoms with E-state index >= 15 is 0 Å². The Hall–Kier alpha value is -2.43. The van der Waals surface area contributed by atoms with Gasteiger partial charge in [-0.3, -0.25) is 4.90 Å². The maximum absolute atomic E-state index is 12.5. The number of hydrogen-bond acceptors (Lipinski definition) is 8. The minimum Gasteiger partial charge on any atom is -0.416 e. The van der Waals surface area contributed by atoms with Gasteiger partial charge >= 0.3 is 12.1 Å². The summed E-state index contributed by atoms with van der Waals surface area (Å²) < 4.78 is 42.1. The molecule has 0 aromatic carbocycles. The van der Waals surface area contributed by atoms with Crippen molar-refractivity contribution in [3.63, 3.8) is 0 Å². The Bertz CT molecular complexity index is 718. The van der Waals surface area contributed by atoms with Crippen LogP contribution in [0.4, 0.5) is 24.9 Å². The molecule has 1 unspecified atom stereocenters. The normalized spacial score (nSPS) is 18.5. The van der Waals surface area contributed by atoms with Crippen LogP contribution in [0.15, 0.2) is 16.7 Å². The van der Waals surface area contributed by atoms with Gasteiger partial charge in [-0.15, -0.1) is 10.2 Å². The lowest BCUT2D eigenvalue weighted by Crippen LogP contribution is -2.26. The van der Waals surface area contributed by atoms with Gasteiger partial charge in [0, 0.05) is 39.4 Å². The predicted molar refractivity (Wildman–Crippen MR) is 83.0 cm³/mol. The Balaban J connectivity index is 1.55. The van der Waals surface area contributed by atoms with E-state index in [-0.39, 0.29) is 18.5 Å². The Kier molecular flexibility index (Phi) is 4.75. The number of nitrogens with zero attached hydrogens (tertiary/aromatic N) is 6. The number of nitrogens with one attached hydrogen (secondary N) is 1. The molecule has 0 saturated carbocycles. The average molecular weight is 357 g/mol. The Morgan fingerprint density at radius 3 is 2.84 bits per heavy atom. The maximum atomic E-state index is 12.5. The molecule has 2 aromatic heterocycles. The van der Waals surface area contributed by atoms with Crippen molar-refractivity contribution in [2.75, 3.05) is 37.4 Å². The first kappa shape index (κ1) is 17.4. The van der Waals surface area contributed by atoms with Crippen LogP contribution in [-0.4, -0.2) is 58.3 Å². The lowest BCUT2D eigenvalue weighted by molar-refractivity contribution is -0.157. The highest BCUT2D eigenvalue weighted by atomic mass is 19.4. The maximum Gasteiger partial charge on any atom is 0.470 e. The number of alkyl halides is 3. The number of likely N-dealkylation sites (tertiary alicyclic amines) is 1. The molecule has 0 bridgehead atoms. The Morgan fingerprint density at radius 2 is 2.16 bits per heavy atom. The lowest BCUT2D eigenvalue weighted by atomic mass is 10.2. The highest BCUT2D eigenvalue weighted by Gasteiger charge is 2.38. The number of anilines is 2. The van der Waals surface area contributed by atoms with Gasteiger partial charge in [-0.2, -0.15) is 18.2 Å². The van der Waals surface area contributed by atoms with Crippen molar-refractivity contribution in [1.82, 2.24) is 25.1 Å². The van der Waals surface area contributed by atoms with Crippen molar-refractivity contribution in [2.45, 2.75) is 25.2 Å². The zero-order chi connectivity index (χ0) is 18.0. The monoisotopic (exact) mass is 357 g/mol. The fourth-order valence-electron chi connectivity index (χ4n) is 2.57. The van der Waals surface area contributed by atoms with Crippen LogP contribution in [0.3, 0.4) is 0 Å². The minimum atomic E-state index is -4.61. The van der Waals surface area contributed by atoms with Crippen LogP contribution < -0.4 is 10.2 Å². The van der Waals surface area contributed by atoms with E-state index in [0.29, 0.717) is 24.9 Å². The summed E-state index contributed by atoms with van der Waals surface area (Å²) in [5, 5.41) is 9.81. The molecule has 1 aliphatic heterocycles. The van der Waals surface area contributed by atoms with Crippen LogP contribution >= 0.6 is 0 Å². The van der Waals surface area contributed by atoms with Crippen LogP contribution in [0.25, 0.3) is 0 Å². The van der Waals surface area contributed by atoms with Gasteiger partial charge in [0.25, 0.3) is 0 Å². The van der Waals surface area contributed by atoms with E-state index in [1.54, 1.807) is 17.2 Å². The number of hydrogen-bond donors (Lipinski definition) is 1. The number of halogens is 3. The molecule has 1 fully saturated rings. The molecule has 1 N–H and O–H groups in total. The molecule has 0 spiro atoms. The molecular weight excluding hydrogens is 339 g/mol. The first-order chi connectivity index (χ1) is 11.8. The van der Waals surface area contributed by atoms with E-state index in [1.807, 2.05) is 19.0 Å². The molecule has 136 valence electrons. The van der Waals surface area contributed by atoms with Gasteiger partial charge in [0.1, 0.15) is 5.82 Å². The highest BCUT2D eigenvalue weighted by molar-refractivity contribution is 5.41. The third kappa shape index (κ3) is 4.35. The third-order valence-electron chi connectivity index (χ3n) is 3.74. The Morgan fingerprint density at radius 1 is 1.36 bits per heavy atom. The van der Waals surface area contributed by atoms with Gasteiger partial charge in [-0.25, -0.2) is 4.98 Å². The molecule has 1 aliphatic rings. The van der Waals surface area contributed by atoms with Crippen molar-refractivity contribution in [1.29, 1.82) is 0 Å². The van der Waals surface area contributed by atoms with Crippen molar-refractivity contribution in [3.05, 3.63) is 24.0 Å². The summed E-state index contributed by atoms with van der Waals surface area (Å²) in [5.41, 5.74) is 0. The first-order valence-electron chi connectivity index (χ1n) is 7.70. The molecule has 8 nitrogen and oxygen atoms in total. The minimum absolute atomic E-state index is 0.0371. The molecule has 3 heterocycles. The summed E-state index contributed by atoms with van der Waals surface area (Å²) in [6.45, 7) is 1.55. The zero-order valence-corrected chi connectivity index (χ0v) is 13.8. The zero-order valence-electron chi connectivity index (χ0n) is 13.8. The van der Waals surface area contributed by atoms with E-state index < -0.39 is 12.1 Å². The van der Waals surface area contributed by atoms with Crippen LogP contribution in [-0.2, 0) is 12.7 Å². The van der Waals surface area contributed by atoms with Crippen molar-refractivity contribution in [3.8, 4) is 0 Å². The van der Waals surface area contributed by atoms with Crippen LogP contribution in [0.2, 0.25) is 0 Å². The second-order valence-electron chi connectivity index (χ2n) is 6.00. The van der Waals surface area contributed by atoms with Gasteiger partial charge in [0.2, 0.25) is 11.8 Å². The molecule has 1 saturated heterocycles. The number of aromatic nitrogens is 4. The van der Waals surface area contributed by atoms with Crippen molar-refractivity contribution >= 4 is 11.8 Å². The Labute approximate surface area is 142 Å². The van der Waals surface area contributed by atoms with Crippen molar-refractivity contribution < 1.29 is 17.6 Å². The largest absolute Gasteiger partial charge is 0.470 e. The molecule has 3 rings (SSSR count). The molecule has 0 radical (unpaired) electrons. The summed E-state index contributed by atoms with van der Waals surface area (Å²) in [4.78, 5) is 12.3. The smallest absolute Gasteiger partial charge is 0.416 e. The molecular formula is C14H18F3N7O. The van der Waals surface area contributed by atoms with E-state index in [2.05, 4.69) is 29.9 Å². The van der Waals surface area contributed by atoms with Gasteiger partial charge in [0.15, 0.2) is 0 Å². The summed E-state index contributed by atoms with van der Waals surface area (Å²) >= 11 is 0. The van der Waals surface area contributed by atoms with E-state index in [0.717, 1.165) is 6.42 Å². The second-order valence-corrected chi connectivity index (χ2v) is 6.00. The second kappa shape index (κ2) is 6.82. The fraction of sp³-hybridized carbons (Fsp3) is 0.571. The average Bonchev–Trinajstić information content (AvgIpc) is 3.17. The van der Waals surface area contributed by atoms with Gasteiger partial charge in [-0.05, 0) is 12.5 Å². The molecule has 25 heavy (non-hydrogen) atoms. The quantitative estimate of drug-likeness (QED) is 0.865. The number of rotatable bonds is 5. The third-order valence-corrected chi connectivity index (χ3v) is 3.74. The lowest BCUT2D eigenvalue weighted by Gasteiger charge is -2.16. The summed E-state index contributed by atoms with van der Waals surface area (Å²) in [7, 11) is 3.71. The standard InChI is InChI=1S/C14H18F3N7O/c1-23(2)13-18-5-3-10(20-13)19-9-4-6-24(7-9)8-11-21-22-12(25-11)14(15,16)17/h3,5,9H,4,6-8H2,1-2H3,(H,18,19,20). The topological polar surface area (TPSA) is 83.2 Å². The fourth-order valence-corrected chi connectivity index (χ4v) is 2.57. The first-order valence-corrected chi connectivity index (χ1v) is 7.70. The van der Waals surface area contributed by atoms with Gasteiger partial charge in [-0.1, -0.05) is 0 Å². The molecule has 0 aliphatic carbocycles. The van der Waals surface area contributed by atoms with Gasteiger partial charge in [0.05, 0.1) is 6.54 Å². The predicted octanol–water partition coefficient (Wildman–Crippen LogP) is 1.63. The van der Waals surface area contributed by atoms with E-state index in [9.17, 15) is 13.2 Å². The van der Waals surface area contributed by atoms with Crippen LogP contribution in [0.1, 0.15) is 18.2 Å². The van der Waals surface area contributed by atoms with E-state index in [4.69, 9.17) is 0 Å². The van der Waals surface area contributed by atoms with Crippen molar-refractivity contribution in [2.24, 2.45) is 0 Å². The molecule has 1 atom stereocenters. The highest BCUT2D eigenvalue weighted by Crippen LogP contribution is 2.28. The van der Waals surface area contributed by atoms with E-state index in [1.165, 1.54) is 0 Å². The van der Waals surface area contributed by atoms with Crippen LogP contribution in [0.5, 0.6) is 0 Å². The SMILES string of the molecule is CN(C)c1nccc(NC2CCN(Cc3nnc(C(F)(F)F)o3)C2)n1. The summed E-state index contributed by atoms with van der Waals surface area (Å²) in [6.07, 6.45) is -2.10. The van der Waals surface area contributed by atoms with Crippen LogP contribution in [0, 0.1) is 0 Å². The molecule has 11 heteroatoms. The summed E-state index contributed by atoms with van der Waals surface area (Å²) in [6, 6.07) is 1.92.